The quantitative estimate of drug-likeness (QED) is 0.461. The van der Waals surface area contributed by atoms with Crippen molar-refractivity contribution in [2.75, 3.05) is 11.7 Å². The normalized spacial score (nSPS) is 11.9. The van der Waals surface area contributed by atoms with E-state index in [0.717, 1.165) is 0 Å². The summed E-state index contributed by atoms with van der Waals surface area (Å²) in [6, 6.07) is 8.36. The maximum atomic E-state index is 11.6. The Kier molecular flexibility index (Phi) is 5.32. The lowest BCUT2D eigenvalue weighted by Crippen LogP contribution is -2.31. The molecule has 1 aromatic rings. The van der Waals surface area contributed by atoms with Crippen molar-refractivity contribution in [3.63, 3.8) is 0 Å². The smallest absolute Gasteiger partial charge is 0.253 e. The molecule has 0 fully saturated rings. The standard InChI is InChI=1S/C12H15NO4/c1-2-17-11(9-14)8-12(15)13(16)10-6-4-3-5-7-10/h3-7,9,11,16H,2,8H2,1H3. The highest BCUT2D eigenvalue weighted by molar-refractivity contribution is 5.92. The Hall–Kier alpha value is -1.72. The van der Waals surface area contributed by atoms with Crippen LogP contribution in [0.2, 0.25) is 0 Å². The number of amides is 1. The molecule has 1 atom stereocenters. The number of ether oxygens (including phenoxy) is 1. The summed E-state index contributed by atoms with van der Waals surface area (Å²) in [7, 11) is 0. The van der Waals surface area contributed by atoms with Crippen LogP contribution in [-0.4, -0.2) is 30.1 Å². The molecule has 0 aliphatic carbocycles. The maximum Gasteiger partial charge on any atom is 0.253 e. The molecular formula is C12H15NO4. The van der Waals surface area contributed by atoms with Gasteiger partial charge in [0.1, 0.15) is 12.4 Å². The Morgan fingerprint density at radius 3 is 2.65 bits per heavy atom. The molecule has 5 nitrogen and oxygen atoms in total. The Labute approximate surface area is 99.6 Å². The molecule has 92 valence electrons. The third-order valence-corrected chi connectivity index (χ3v) is 2.15. The molecule has 0 aromatic heterocycles. The van der Waals surface area contributed by atoms with E-state index in [1.807, 2.05) is 0 Å². The number of aldehydes is 1. The first-order valence-corrected chi connectivity index (χ1v) is 5.32. The molecule has 0 bridgehead atoms. The molecule has 1 aromatic carbocycles. The van der Waals surface area contributed by atoms with Gasteiger partial charge >= 0.3 is 0 Å². The van der Waals surface area contributed by atoms with Crippen molar-refractivity contribution in [3.05, 3.63) is 30.3 Å². The van der Waals surface area contributed by atoms with Crippen molar-refractivity contribution in [2.45, 2.75) is 19.4 Å². The van der Waals surface area contributed by atoms with Crippen LogP contribution < -0.4 is 5.06 Å². The summed E-state index contributed by atoms with van der Waals surface area (Å²) in [5.74, 6) is -0.582. The Bertz CT molecular complexity index is 366. The van der Waals surface area contributed by atoms with E-state index in [9.17, 15) is 14.8 Å². The van der Waals surface area contributed by atoms with Gasteiger partial charge in [-0.3, -0.25) is 10.0 Å². The molecule has 0 radical (unpaired) electrons. The molecule has 0 saturated heterocycles. The van der Waals surface area contributed by atoms with Gasteiger partial charge in [0.05, 0.1) is 12.1 Å². The van der Waals surface area contributed by atoms with E-state index in [4.69, 9.17) is 4.74 Å². The summed E-state index contributed by atoms with van der Waals surface area (Å²) in [5, 5.41) is 10.1. The van der Waals surface area contributed by atoms with Gasteiger partial charge in [-0.1, -0.05) is 18.2 Å². The third kappa shape index (κ3) is 3.97. The molecule has 1 rings (SSSR count). The highest BCUT2D eigenvalue weighted by atomic mass is 16.5. The Morgan fingerprint density at radius 2 is 2.12 bits per heavy atom. The second-order valence-corrected chi connectivity index (χ2v) is 3.38. The van der Waals surface area contributed by atoms with E-state index in [0.29, 0.717) is 23.6 Å². The summed E-state index contributed by atoms with van der Waals surface area (Å²) < 4.78 is 5.02. The molecule has 0 spiro atoms. The fourth-order valence-electron chi connectivity index (χ4n) is 1.33. The lowest BCUT2D eigenvalue weighted by Gasteiger charge is -2.17. The van der Waals surface area contributed by atoms with Gasteiger partial charge in [0.15, 0.2) is 0 Å². The lowest BCUT2D eigenvalue weighted by atomic mass is 10.2. The fourth-order valence-corrected chi connectivity index (χ4v) is 1.33. The second-order valence-electron chi connectivity index (χ2n) is 3.38. The van der Waals surface area contributed by atoms with Crippen LogP contribution >= 0.6 is 0 Å². The van der Waals surface area contributed by atoms with Crippen molar-refractivity contribution in [2.24, 2.45) is 0 Å². The van der Waals surface area contributed by atoms with Crippen molar-refractivity contribution >= 4 is 17.9 Å². The van der Waals surface area contributed by atoms with E-state index in [-0.39, 0.29) is 6.42 Å². The Morgan fingerprint density at radius 1 is 1.47 bits per heavy atom. The number of hydroxylamine groups is 1. The first kappa shape index (κ1) is 13.3. The van der Waals surface area contributed by atoms with Crippen LogP contribution in [0.5, 0.6) is 0 Å². The highest BCUT2D eigenvalue weighted by Crippen LogP contribution is 2.12. The molecule has 0 heterocycles. The van der Waals surface area contributed by atoms with Crippen LogP contribution in [0.15, 0.2) is 30.3 Å². The zero-order chi connectivity index (χ0) is 12.7. The topological polar surface area (TPSA) is 66.8 Å². The van der Waals surface area contributed by atoms with Crippen LogP contribution in [0.1, 0.15) is 13.3 Å². The van der Waals surface area contributed by atoms with E-state index < -0.39 is 12.0 Å². The molecule has 0 aliphatic heterocycles. The van der Waals surface area contributed by atoms with Crippen LogP contribution in [0.25, 0.3) is 0 Å². The number of carbonyl (C=O) groups excluding carboxylic acids is 2. The average Bonchev–Trinajstić information content (AvgIpc) is 2.38. The Balaban J connectivity index is 2.61. The van der Waals surface area contributed by atoms with Gasteiger partial charge in [0, 0.05) is 6.61 Å². The van der Waals surface area contributed by atoms with Crippen LogP contribution in [0, 0.1) is 0 Å². The molecule has 0 saturated carbocycles. The van der Waals surface area contributed by atoms with Gasteiger partial charge < -0.3 is 9.53 Å². The van der Waals surface area contributed by atoms with E-state index in [1.165, 1.54) is 0 Å². The van der Waals surface area contributed by atoms with Gasteiger partial charge in [0.25, 0.3) is 5.91 Å². The molecule has 17 heavy (non-hydrogen) atoms. The molecular weight excluding hydrogens is 222 g/mol. The van der Waals surface area contributed by atoms with Crippen LogP contribution in [-0.2, 0) is 14.3 Å². The third-order valence-electron chi connectivity index (χ3n) is 2.15. The molecule has 1 amide bonds. The van der Waals surface area contributed by atoms with Gasteiger partial charge in [-0.2, -0.15) is 5.06 Å². The number of hydrogen-bond donors (Lipinski definition) is 1. The first-order chi connectivity index (χ1) is 8.19. The minimum absolute atomic E-state index is 0.178. The zero-order valence-electron chi connectivity index (χ0n) is 9.57. The number of benzene rings is 1. The minimum Gasteiger partial charge on any atom is -0.370 e. The van der Waals surface area contributed by atoms with Crippen molar-refractivity contribution in [3.8, 4) is 0 Å². The summed E-state index contributed by atoms with van der Waals surface area (Å²) in [6.45, 7) is 2.07. The van der Waals surface area contributed by atoms with Crippen LogP contribution in [0.3, 0.4) is 0 Å². The van der Waals surface area contributed by atoms with Gasteiger partial charge in [0.2, 0.25) is 0 Å². The van der Waals surface area contributed by atoms with Gasteiger partial charge in [-0.25, -0.2) is 0 Å². The van der Waals surface area contributed by atoms with Crippen molar-refractivity contribution in [1.29, 1.82) is 0 Å². The number of para-hydroxylation sites is 1. The van der Waals surface area contributed by atoms with Crippen LogP contribution in [0.4, 0.5) is 5.69 Å². The first-order valence-electron chi connectivity index (χ1n) is 5.32. The van der Waals surface area contributed by atoms with E-state index >= 15 is 0 Å². The van der Waals surface area contributed by atoms with Gasteiger partial charge in [-0.05, 0) is 19.1 Å². The summed E-state index contributed by atoms with van der Waals surface area (Å²) in [6.07, 6.45) is -0.436. The number of rotatable bonds is 6. The molecule has 0 aliphatic rings. The van der Waals surface area contributed by atoms with Crippen molar-refractivity contribution < 1.29 is 19.5 Å². The minimum atomic E-state index is -0.814. The molecule has 1 N–H and O–H groups in total. The summed E-state index contributed by atoms with van der Waals surface area (Å²) >= 11 is 0. The predicted molar refractivity (Wildman–Crippen MR) is 61.8 cm³/mol. The monoisotopic (exact) mass is 237 g/mol. The fraction of sp³-hybridized carbons (Fsp3) is 0.333. The average molecular weight is 237 g/mol. The molecule has 1 unspecified atom stereocenters. The van der Waals surface area contributed by atoms with E-state index in [2.05, 4.69) is 0 Å². The van der Waals surface area contributed by atoms with Crippen molar-refractivity contribution in [1.82, 2.24) is 0 Å². The lowest BCUT2D eigenvalue weighted by molar-refractivity contribution is -0.130. The largest absolute Gasteiger partial charge is 0.370 e. The number of anilines is 1. The zero-order valence-corrected chi connectivity index (χ0v) is 9.57. The molecule has 5 heteroatoms. The highest BCUT2D eigenvalue weighted by Gasteiger charge is 2.18. The number of nitrogens with zero attached hydrogens (tertiary/aromatic N) is 1. The SMILES string of the molecule is CCOC(C=O)CC(=O)N(O)c1ccccc1. The maximum absolute atomic E-state index is 11.6. The second kappa shape index (κ2) is 6.78. The summed E-state index contributed by atoms with van der Waals surface area (Å²) in [5.41, 5.74) is 0.360. The number of hydrogen-bond acceptors (Lipinski definition) is 4. The van der Waals surface area contributed by atoms with E-state index in [1.54, 1.807) is 37.3 Å². The van der Waals surface area contributed by atoms with Gasteiger partial charge in [-0.15, -0.1) is 0 Å². The predicted octanol–water partition coefficient (Wildman–Crippen LogP) is 1.40. The number of carbonyl (C=O) groups is 2. The summed E-state index contributed by atoms with van der Waals surface area (Å²) in [4.78, 5) is 22.2.